The van der Waals surface area contributed by atoms with E-state index in [9.17, 15) is 9.59 Å². The molecule has 1 amide bonds. The van der Waals surface area contributed by atoms with Gasteiger partial charge in [-0.25, -0.2) is 4.79 Å². The van der Waals surface area contributed by atoms with Gasteiger partial charge in [-0.05, 0) is 12.5 Å². The van der Waals surface area contributed by atoms with Gasteiger partial charge in [0.2, 0.25) is 0 Å². The Kier molecular flexibility index (Phi) is 5.38. The Bertz CT molecular complexity index is 475. The standard InChI is InChI=1S/C14H14NO3/c1-11(6-5-9-13(15)16)14(17)18-10-12-7-3-2-4-8-12/h2-9,15H,10H2,1H3/b9-5+,11-6-. The minimum atomic E-state index is -0.809. The molecule has 1 rings (SSSR count). The number of carbonyl (C=O) groups is 2. The maximum atomic E-state index is 11.5. The summed E-state index contributed by atoms with van der Waals surface area (Å²) < 4.78 is 5.07. The summed E-state index contributed by atoms with van der Waals surface area (Å²) in [6.07, 6.45) is 3.86. The maximum absolute atomic E-state index is 11.5. The molecule has 0 saturated carbocycles. The molecule has 93 valence electrons. The van der Waals surface area contributed by atoms with E-state index in [0.29, 0.717) is 5.57 Å². The van der Waals surface area contributed by atoms with Crippen LogP contribution in [0.4, 0.5) is 0 Å². The van der Waals surface area contributed by atoms with Crippen LogP contribution >= 0.6 is 0 Å². The van der Waals surface area contributed by atoms with Crippen LogP contribution in [0.15, 0.2) is 54.1 Å². The van der Waals surface area contributed by atoms with Crippen molar-refractivity contribution in [2.45, 2.75) is 13.5 Å². The zero-order valence-electron chi connectivity index (χ0n) is 10.1. The SMILES string of the molecule is C/C(=C/C=C/C([NH])=O)C(=O)OCc1ccccc1. The average molecular weight is 244 g/mol. The zero-order chi connectivity index (χ0) is 13.4. The normalized spacial score (nSPS) is 11.5. The van der Waals surface area contributed by atoms with Crippen LogP contribution in [0.25, 0.3) is 0 Å². The highest BCUT2D eigenvalue weighted by Gasteiger charge is 2.04. The largest absolute Gasteiger partial charge is 0.457 e. The molecule has 0 aliphatic heterocycles. The number of hydrogen-bond acceptors (Lipinski definition) is 3. The van der Waals surface area contributed by atoms with Crippen molar-refractivity contribution in [2.75, 3.05) is 0 Å². The van der Waals surface area contributed by atoms with E-state index in [1.54, 1.807) is 6.92 Å². The highest BCUT2D eigenvalue weighted by molar-refractivity contribution is 5.89. The van der Waals surface area contributed by atoms with E-state index < -0.39 is 11.9 Å². The summed E-state index contributed by atoms with van der Waals surface area (Å²) in [6.45, 7) is 1.80. The van der Waals surface area contributed by atoms with E-state index >= 15 is 0 Å². The van der Waals surface area contributed by atoms with Crippen molar-refractivity contribution < 1.29 is 14.3 Å². The van der Waals surface area contributed by atoms with E-state index in [4.69, 9.17) is 10.5 Å². The molecule has 0 bridgehead atoms. The van der Waals surface area contributed by atoms with Crippen molar-refractivity contribution in [3.63, 3.8) is 0 Å². The number of benzene rings is 1. The summed E-state index contributed by atoms with van der Waals surface area (Å²) >= 11 is 0. The Morgan fingerprint density at radius 2 is 1.94 bits per heavy atom. The molecule has 1 aromatic carbocycles. The Morgan fingerprint density at radius 3 is 2.56 bits per heavy atom. The topological polar surface area (TPSA) is 67.2 Å². The molecule has 0 unspecified atom stereocenters. The molecule has 4 heteroatoms. The number of rotatable bonds is 5. The summed E-state index contributed by atoms with van der Waals surface area (Å²) in [6, 6.07) is 9.36. The fourth-order valence-electron chi connectivity index (χ4n) is 1.18. The molecule has 0 aliphatic carbocycles. The molecule has 0 fully saturated rings. The van der Waals surface area contributed by atoms with Crippen LogP contribution in [0.2, 0.25) is 0 Å². The van der Waals surface area contributed by atoms with Gasteiger partial charge in [0.05, 0.1) is 0 Å². The van der Waals surface area contributed by atoms with Crippen molar-refractivity contribution in [3.05, 3.63) is 59.7 Å². The van der Waals surface area contributed by atoms with E-state index in [1.807, 2.05) is 30.3 Å². The number of allylic oxidation sites excluding steroid dienone is 2. The number of esters is 1. The smallest absolute Gasteiger partial charge is 0.334 e. The van der Waals surface area contributed by atoms with Crippen molar-refractivity contribution in [3.8, 4) is 0 Å². The van der Waals surface area contributed by atoms with Gasteiger partial charge >= 0.3 is 5.97 Å². The molecule has 0 heterocycles. The number of amides is 1. The Hall–Kier alpha value is -2.36. The van der Waals surface area contributed by atoms with Crippen LogP contribution in [0.1, 0.15) is 12.5 Å². The predicted molar refractivity (Wildman–Crippen MR) is 67.2 cm³/mol. The van der Waals surface area contributed by atoms with Crippen LogP contribution in [0.5, 0.6) is 0 Å². The molecule has 1 N–H and O–H groups in total. The Labute approximate surface area is 106 Å². The fourth-order valence-corrected chi connectivity index (χ4v) is 1.18. The highest BCUT2D eigenvalue weighted by Crippen LogP contribution is 2.04. The first-order valence-corrected chi connectivity index (χ1v) is 5.41. The van der Waals surface area contributed by atoms with Gasteiger partial charge in [0.1, 0.15) is 6.61 Å². The minimum absolute atomic E-state index is 0.214. The quantitative estimate of drug-likeness (QED) is 0.452. The van der Waals surface area contributed by atoms with Gasteiger partial charge in [0, 0.05) is 11.6 Å². The molecule has 0 atom stereocenters. The Morgan fingerprint density at radius 1 is 1.28 bits per heavy atom. The second-order valence-corrected chi connectivity index (χ2v) is 3.63. The summed E-state index contributed by atoms with van der Waals surface area (Å²) in [7, 11) is 0. The van der Waals surface area contributed by atoms with Gasteiger partial charge in [-0.2, -0.15) is 0 Å². The van der Waals surface area contributed by atoms with Crippen molar-refractivity contribution in [1.82, 2.24) is 5.73 Å². The van der Waals surface area contributed by atoms with Crippen LogP contribution in [0.3, 0.4) is 0 Å². The zero-order valence-corrected chi connectivity index (χ0v) is 10.1. The molecular weight excluding hydrogens is 230 g/mol. The van der Waals surface area contributed by atoms with Gasteiger partial charge in [-0.3, -0.25) is 10.5 Å². The van der Waals surface area contributed by atoms with Crippen molar-refractivity contribution >= 4 is 11.9 Å². The molecule has 0 aromatic heterocycles. The molecule has 1 radical (unpaired) electrons. The molecule has 0 spiro atoms. The first-order chi connectivity index (χ1) is 8.59. The lowest BCUT2D eigenvalue weighted by molar-refractivity contribution is -0.140. The van der Waals surface area contributed by atoms with Crippen LogP contribution < -0.4 is 5.73 Å². The number of carbonyl (C=O) groups excluding carboxylic acids is 2. The average Bonchev–Trinajstić information content (AvgIpc) is 2.36. The number of ether oxygens (including phenoxy) is 1. The number of nitrogens with one attached hydrogen (secondary N) is 1. The lowest BCUT2D eigenvalue weighted by atomic mass is 10.2. The van der Waals surface area contributed by atoms with E-state index in [0.717, 1.165) is 11.6 Å². The number of hydrogen-bond donors (Lipinski definition) is 0. The minimum Gasteiger partial charge on any atom is -0.457 e. The second-order valence-electron chi connectivity index (χ2n) is 3.63. The van der Waals surface area contributed by atoms with Crippen molar-refractivity contribution in [2.24, 2.45) is 0 Å². The van der Waals surface area contributed by atoms with Gasteiger partial charge < -0.3 is 4.74 Å². The Balaban J connectivity index is 2.48. The third-order valence-electron chi connectivity index (χ3n) is 2.13. The van der Waals surface area contributed by atoms with Gasteiger partial charge in [0.25, 0.3) is 5.91 Å². The first-order valence-electron chi connectivity index (χ1n) is 5.41. The van der Waals surface area contributed by atoms with Gasteiger partial charge in [0.15, 0.2) is 0 Å². The monoisotopic (exact) mass is 244 g/mol. The van der Waals surface area contributed by atoms with Gasteiger partial charge in [-0.1, -0.05) is 42.5 Å². The van der Waals surface area contributed by atoms with E-state index in [1.165, 1.54) is 12.2 Å². The highest BCUT2D eigenvalue weighted by atomic mass is 16.5. The molecule has 4 nitrogen and oxygen atoms in total. The van der Waals surface area contributed by atoms with Gasteiger partial charge in [-0.15, -0.1) is 0 Å². The molecule has 0 aliphatic rings. The fraction of sp³-hybridized carbons (Fsp3) is 0.143. The summed E-state index contributed by atoms with van der Waals surface area (Å²) in [5.74, 6) is -1.25. The molecule has 1 aromatic rings. The summed E-state index contributed by atoms with van der Waals surface area (Å²) in [4.78, 5) is 21.9. The lowest BCUT2D eigenvalue weighted by Gasteiger charge is -2.04. The first kappa shape index (κ1) is 13.7. The predicted octanol–water partition coefficient (Wildman–Crippen LogP) is 2.04. The van der Waals surface area contributed by atoms with Crippen LogP contribution in [0, 0.1) is 0 Å². The van der Waals surface area contributed by atoms with Crippen LogP contribution in [-0.2, 0) is 20.9 Å². The molecule has 0 saturated heterocycles. The summed E-state index contributed by atoms with van der Waals surface area (Å²) in [5.41, 5.74) is 7.94. The maximum Gasteiger partial charge on any atom is 0.334 e. The third kappa shape index (κ3) is 5.12. The second kappa shape index (κ2) is 7.06. The lowest BCUT2D eigenvalue weighted by Crippen LogP contribution is -2.05. The summed E-state index contributed by atoms with van der Waals surface area (Å²) in [5, 5.41) is 0. The van der Waals surface area contributed by atoms with E-state index in [2.05, 4.69) is 0 Å². The third-order valence-corrected chi connectivity index (χ3v) is 2.13. The molecular formula is C14H14NO3. The van der Waals surface area contributed by atoms with Crippen LogP contribution in [-0.4, -0.2) is 11.9 Å². The van der Waals surface area contributed by atoms with Crippen molar-refractivity contribution in [1.29, 1.82) is 0 Å². The van der Waals surface area contributed by atoms with E-state index in [-0.39, 0.29) is 6.61 Å². The molecule has 18 heavy (non-hydrogen) atoms.